The molecule has 1 aliphatic rings. The van der Waals surface area contributed by atoms with E-state index in [1.54, 1.807) is 12.1 Å². The van der Waals surface area contributed by atoms with E-state index >= 15 is 0 Å². The van der Waals surface area contributed by atoms with Crippen LogP contribution in [0.5, 0.6) is 0 Å². The molecule has 1 aromatic carbocycles. The number of carbonyl (C=O) groups is 1. The van der Waals surface area contributed by atoms with Crippen LogP contribution in [0.2, 0.25) is 0 Å². The van der Waals surface area contributed by atoms with Crippen LogP contribution >= 0.6 is 0 Å². The second-order valence-electron chi connectivity index (χ2n) is 7.47. The van der Waals surface area contributed by atoms with Gasteiger partial charge in [-0.2, -0.15) is 5.10 Å². The van der Waals surface area contributed by atoms with Crippen LogP contribution in [0.1, 0.15) is 38.5 Å². The van der Waals surface area contributed by atoms with Crippen LogP contribution in [0.25, 0.3) is 16.7 Å². The van der Waals surface area contributed by atoms with Crippen LogP contribution in [-0.2, 0) is 11.3 Å². The van der Waals surface area contributed by atoms with Crippen molar-refractivity contribution in [2.24, 2.45) is 0 Å². The van der Waals surface area contributed by atoms with Crippen LogP contribution in [0.3, 0.4) is 0 Å². The largest absolute Gasteiger partial charge is 0.356 e. The smallest absolute Gasteiger partial charge is 0.264 e. The Kier molecular flexibility index (Phi) is 6.02. The maximum absolute atomic E-state index is 13.1. The monoisotopic (exact) mass is 409 g/mol. The first kappa shape index (κ1) is 20.0. The van der Waals surface area contributed by atoms with Gasteiger partial charge in [-0.15, -0.1) is 0 Å². The van der Waals surface area contributed by atoms with E-state index in [2.05, 4.69) is 21.5 Å². The summed E-state index contributed by atoms with van der Waals surface area (Å²) >= 11 is 0. The van der Waals surface area contributed by atoms with Crippen LogP contribution in [0.15, 0.2) is 53.2 Å². The van der Waals surface area contributed by atoms with Gasteiger partial charge in [0.05, 0.1) is 18.2 Å². The lowest BCUT2D eigenvalue weighted by molar-refractivity contribution is -0.121. The molecule has 0 bridgehead atoms. The number of allylic oxidation sites excluding steroid dienone is 1. The molecule has 0 saturated carbocycles. The van der Waals surface area contributed by atoms with E-state index in [4.69, 9.17) is 0 Å². The summed E-state index contributed by atoms with van der Waals surface area (Å²) in [4.78, 5) is 29.2. The van der Waals surface area contributed by atoms with Crippen LogP contribution in [0.4, 0.5) is 4.39 Å². The van der Waals surface area contributed by atoms with Crippen molar-refractivity contribution in [2.45, 2.75) is 45.1 Å². The number of nitrogens with one attached hydrogen (secondary N) is 1. The molecule has 7 nitrogen and oxygen atoms in total. The van der Waals surface area contributed by atoms with E-state index in [0.717, 1.165) is 19.3 Å². The molecule has 3 aromatic rings. The first-order valence-electron chi connectivity index (χ1n) is 10.3. The van der Waals surface area contributed by atoms with Gasteiger partial charge in [-0.25, -0.2) is 14.1 Å². The van der Waals surface area contributed by atoms with E-state index < -0.39 is 0 Å². The number of benzene rings is 1. The molecule has 1 N–H and O–H groups in total. The Hall–Kier alpha value is -3.29. The molecule has 4 rings (SSSR count). The Balaban J connectivity index is 1.38. The summed E-state index contributed by atoms with van der Waals surface area (Å²) in [6.45, 7) is 0.874. The minimum atomic E-state index is -0.348. The quantitative estimate of drug-likeness (QED) is 0.608. The lowest BCUT2D eigenvalue weighted by Crippen LogP contribution is -2.28. The Morgan fingerprint density at radius 1 is 1.20 bits per heavy atom. The number of hydrogen-bond donors (Lipinski definition) is 1. The third-order valence-electron chi connectivity index (χ3n) is 5.36. The van der Waals surface area contributed by atoms with Crippen molar-refractivity contribution in [1.82, 2.24) is 24.6 Å². The van der Waals surface area contributed by atoms with E-state index in [9.17, 15) is 14.0 Å². The number of fused-ring (bicyclic) bond motifs is 1. The zero-order valence-corrected chi connectivity index (χ0v) is 16.7. The fourth-order valence-electron chi connectivity index (χ4n) is 3.68. The van der Waals surface area contributed by atoms with E-state index in [-0.39, 0.29) is 30.2 Å². The van der Waals surface area contributed by atoms with Gasteiger partial charge in [0.25, 0.3) is 5.56 Å². The van der Waals surface area contributed by atoms with Gasteiger partial charge >= 0.3 is 0 Å². The van der Waals surface area contributed by atoms with E-state index in [1.165, 1.54) is 52.3 Å². The minimum Gasteiger partial charge on any atom is -0.356 e. The Morgan fingerprint density at radius 2 is 2.03 bits per heavy atom. The highest BCUT2D eigenvalue weighted by Crippen LogP contribution is 2.19. The van der Waals surface area contributed by atoms with Gasteiger partial charge in [-0.05, 0) is 56.4 Å². The third-order valence-corrected chi connectivity index (χ3v) is 5.36. The molecule has 1 aliphatic carbocycles. The lowest BCUT2D eigenvalue weighted by Gasteiger charge is -2.13. The highest BCUT2D eigenvalue weighted by Gasteiger charge is 2.12. The van der Waals surface area contributed by atoms with Crippen molar-refractivity contribution in [3.63, 3.8) is 0 Å². The minimum absolute atomic E-state index is 0.0830. The molecule has 0 atom stereocenters. The Labute approximate surface area is 173 Å². The van der Waals surface area contributed by atoms with Gasteiger partial charge < -0.3 is 5.32 Å². The van der Waals surface area contributed by atoms with Gasteiger partial charge in [0.1, 0.15) is 11.2 Å². The standard InChI is InChI=1S/C22H24FN5O2/c23-17-6-8-18(9-7-17)28-21-19(14-26-28)22(30)27(15-25-21)13-11-20(29)24-12-10-16-4-2-1-3-5-16/h4,6-9,14-15H,1-3,5,10-13H2,(H,24,29). The number of nitrogens with zero attached hydrogens (tertiary/aromatic N) is 4. The molecule has 0 radical (unpaired) electrons. The predicted molar refractivity (Wildman–Crippen MR) is 112 cm³/mol. The molecule has 30 heavy (non-hydrogen) atoms. The molecule has 156 valence electrons. The molecule has 8 heteroatoms. The fraction of sp³-hybridized carbons (Fsp3) is 0.364. The lowest BCUT2D eigenvalue weighted by atomic mass is 9.97. The predicted octanol–water partition coefficient (Wildman–Crippen LogP) is 3.12. The maximum Gasteiger partial charge on any atom is 0.264 e. The van der Waals surface area contributed by atoms with E-state index in [1.807, 2.05) is 0 Å². The number of halogens is 1. The molecule has 0 fully saturated rings. The number of rotatable bonds is 7. The average molecular weight is 409 g/mol. The number of aromatic nitrogens is 4. The topological polar surface area (TPSA) is 81.8 Å². The Morgan fingerprint density at radius 3 is 2.80 bits per heavy atom. The van der Waals surface area contributed by atoms with Gasteiger partial charge in [-0.3, -0.25) is 14.2 Å². The van der Waals surface area contributed by atoms with Crippen molar-refractivity contribution < 1.29 is 9.18 Å². The molecule has 0 aliphatic heterocycles. The zero-order chi connectivity index (χ0) is 20.9. The van der Waals surface area contributed by atoms with Crippen molar-refractivity contribution in [3.8, 4) is 5.69 Å². The van der Waals surface area contributed by atoms with Crippen LogP contribution < -0.4 is 10.9 Å². The summed E-state index contributed by atoms with van der Waals surface area (Å²) in [5.41, 5.74) is 2.18. The molecular weight excluding hydrogens is 385 g/mol. The first-order valence-corrected chi connectivity index (χ1v) is 10.3. The maximum atomic E-state index is 13.1. The molecule has 2 aromatic heterocycles. The van der Waals surface area contributed by atoms with Crippen molar-refractivity contribution in [1.29, 1.82) is 0 Å². The van der Waals surface area contributed by atoms with E-state index in [0.29, 0.717) is 23.3 Å². The number of aryl methyl sites for hydroxylation is 1. The first-order chi connectivity index (χ1) is 14.6. The molecular formula is C22H24FN5O2. The average Bonchev–Trinajstić information content (AvgIpc) is 3.19. The summed E-state index contributed by atoms with van der Waals surface area (Å²) in [7, 11) is 0. The number of amides is 1. The van der Waals surface area contributed by atoms with Crippen LogP contribution in [0, 0.1) is 5.82 Å². The van der Waals surface area contributed by atoms with Crippen molar-refractivity contribution in [2.75, 3.05) is 6.54 Å². The summed E-state index contributed by atoms with van der Waals surface area (Å²) < 4.78 is 16.1. The SMILES string of the molecule is O=C(CCn1cnc2c(cnn2-c2ccc(F)cc2)c1=O)NCCC1=CCCCC1. The third kappa shape index (κ3) is 4.48. The number of hydrogen-bond acceptors (Lipinski definition) is 4. The molecule has 0 unspecified atom stereocenters. The highest BCUT2D eigenvalue weighted by atomic mass is 19.1. The highest BCUT2D eigenvalue weighted by molar-refractivity contribution is 5.76. The Bertz CT molecular complexity index is 1130. The molecule has 0 spiro atoms. The number of carbonyl (C=O) groups excluding carboxylic acids is 1. The fourth-order valence-corrected chi connectivity index (χ4v) is 3.68. The second-order valence-corrected chi connectivity index (χ2v) is 7.47. The van der Waals surface area contributed by atoms with Crippen LogP contribution in [-0.4, -0.2) is 31.8 Å². The van der Waals surface area contributed by atoms with Gasteiger partial charge in [-0.1, -0.05) is 11.6 Å². The zero-order valence-electron chi connectivity index (χ0n) is 16.7. The summed E-state index contributed by atoms with van der Waals surface area (Å²) in [5, 5.41) is 7.49. The van der Waals surface area contributed by atoms with Gasteiger partial charge in [0.15, 0.2) is 5.65 Å². The summed E-state index contributed by atoms with van der Waals surface area (Å²) in [5.74, 6) is -0.431. The van der Waals surface area contributed by atoms with Crippen molar-refractivity contribution >= 4 is 16.9 Å². The normalized spacial score (nSPS) is 14.0. The molecule has 0 saturated heterocycles. The van der Waals surface area contributed by atoms with Gasteiger partial charge in [0.2, 0.25) is 5.91 Å². The summed E-state index contributed by atoms with van der Waals surface area (Å²) in [6.07, 6.45) is 11.0. The molecule has 2 heterocycles. The summed E-state index contributed by atoms with van der Waals surface area (Å²) in [6, 6.07) is 5.80. The second kappa shape index (κ2) is 9.02. The van der Waals surface area contributed by atoms with Crippen molar-refractivity contribution in [3.05, 3.63) is 64.6 Å². The molecule has 1 amide bonds. The van der Waals surface area contributed by atoms with Gasteiger partial charge in [0, 0.05) is 19.5 Å².